The molecule has 3 aliphatic rings. The van der Waals surface area contributed by atoms with Crippen molar-refractivity contribution in [3.05, 3.63) is 34.9 Å². The molecule has 2 fully saturated rings. The Balaban J connectivity index is 2.02. The zero-order valence-electron chi connectivity index (χ0n) is 17.6. The summed E-state index contributed by atoms with van der Waals surface area (Å²) in [5.41, 5.74) is 2.28. The number of Topliss-reactive ketones (excluding diaryl/α,β-unsaturated/α-hetero) is 3. The molecule has 0 spiro atoms. The number of rotatable bonds is 2. The second-order valence-electron chi connectivity index (χ2n) is 8.94. The molecule has 2 saturated carbocycles. The number of carbonyl (C=O) groups is 4. The maximum Gasteiger partial charge on any atom is 0.235 e. The van der Waals surface area contributed by atoms with Crippen molar-refractivity contribution in [2.75, 3.05) is 14.1 Å². The number of aliphatic hydroxyl groups excluding tert-OH is 2. The van der Waals surface area contributed by atoms with Crippen LogP contribution >= 0.6 is 0 Å². The summed E-state index contributed by atoms with van der Waals surface area (Å²) in [5, 5.41) is 44.1. The molecule has 0 aromatic heterocycles. The SMILES string of the molecule is C[C@@H]1c2cccc(O)c2C(O)=C2C(=O)[C@]3(O)C(=O)[C@H](C(N)=O)C(=O)[C@H](N(C)C)[C@@H]3[C@H](O)[C@H]21. The molecule has 32 heavy (non-hydrogen) atoms. The number of phenolic OH excluding ortho intramolecular Hbond substituents is 1. The fraction of sp³-hybridized carbons (Fsp3) is 0.455. The van der Waals surface area contributed by atoms with Crippen LogP contribution in [0, 0.1) is 17.8 Å². The normalized spacial score (nSPS) is 36.6. The lowest BCUT2D eigenvalue weighted by Gasteiger charge is -2.54. The van der Waals surface area contributed by atoms with Gasteiger partial charge in [-0.25, -0.2) is 0 Å². The maximum absolute atomic E-state index is 13.6. The molecule has 1 aromatic carbocycles. The minimum absolute atomic E-state index is 0.0382. The van der Waals surface area contributed by atoms with E-state index in [1.165, 1.54) is 25.1 Å². The van der Waals surface area contributed by atoms with Crippen LogP contribution in [0.1, 0.15) is 24.0 Å². The van der Waals surface area contributed by atoms with E-state index in [1.54, 1.807) is 19.1 Å². The number of carbonyl (C=O) groups excluding carboxylic acids is 4. The zero-order chi connectivity index (χ0) is 23.9. The van der Waals surface area contributed by atoms with Crippen LogP contribution in [-0.2, 0) is 19.2 Å². The van der Waals surface area contributed by atoms with Gasteiger partial charge in [0.15, 0.2) is 23.1 Å². The van der Waals surface area contributed by atoms with Gasteiger partial charge in [0, 0.05) is 11.5 Å². The Morgan fingerprint density at radius 3 is 2.34 bits per heavy atom. The summed E-state index contributed by atoms with van der Waals surface area (Å²) < 4.78 is 0. The number of primary amides is 1. The lowest BCUT2D eigenvalue weighted by Crippen LogP contribution is -2.75. The Morgan fingerprint density at radius 2 is 1.78 bits per heavy atom. The third-order valence-electron chi connectivity index (χ3n) is 7.13. The fourth-order valence-electron chi connectivity index (χ4n) is 5.72. The Hall–Kier alpha value is -3.08. The Bertz CT molecular complexity index is 1110. The van der Waals surface area contributed by atoms with Gasteiger partial charge in [0.05, 0.1) is 23.6 Å². The van der Waals surface area contributed by atoms with E-state index in [0.29, 0.717) is 5.56 Å². The van der Waals surface area contributed by atoms with Crippen LogP contribution < -0.4 is 5.73 Å². The number of phenols is 1. The lowest BCUT2D eigenvalue weighted by atomic mass is 9.52. The van der Waals surface area contributed by atoms with E-state index < -0.39 is 76.0 Å². The van der Waals surface area contributed by atoms with Gasteiger partial charge in [-0.1, -0.05) is 19.1 Å². The molecule has 0 aliphatic heterocycles. The molecule has 3 aliphatic carbocycles. The van der Waals surface area contributed by atoms with Crippen molar-refractivity contribution in [2.24, 2.45) is 23.5 Å². The second kappa shape index (κ2) is 6.96. The van der Waals surface area contributed by atoms with Crippen molar-refractivity contribution in [2.45, 2.75) is 30.6 Å². The Labute approximate surface area is 182 Å². The second-order valence-corrected chi connectivity index (χ2v) is 8.94. The minimum atomic E-state index is -2.97. The number of hydrogen-bond acceptors (Lipinski definition) is 9. The number of nitrogens with two attached hydrogens (primary N) is 1. The monoisotopic (exact) mass is 444 g/mol. The van der Waals surface area contributed by atoms with Crippen molar-refractivity contribution >= 4 is 29.0 Å². The molecule has 0 saturated heterocycles. The molecule has 1 amide bonds. The van der Waals surface area contributed by atoms with Crippen LogP contribution in [0.4, 0.5) is 0 Å². The summed E-state index contributed by atoms with van der Waals surface area (Å²) in [6.07, 6.45) is -1.62. The van der Waals surface area contributed by atoms with E-state index in [0.717, 1.165) is 0 Å². The van der Waals surface area contributed by atoms with Gasteiger partial charge in [-0.3, -0.25) is 24.1 Å². The van der Waals surface area contributed by atoms with Crippen LogP contribution in [0.2, 0.25) is 0 Å². The first-order valence-electron chi connectivity index (χ1n) is 10.1. The molecule has 0 bridgehead atoms. The summed E-state index contributed by atoms with van der Waals surface area (Å²) in [7, 11) is 2.91. The van der Waals surface area contributed by atoms with Crippen LogP contribution in [0.25, 0.3) is 5.76 Å². The standard InChI is InChI=1S/C22H24N2O8/c1-7-8-5-4-6-9(25)11(8)16(26)12-10(7)17(27)14-15(24(2)3)18(28)13(21(23)31)20(30)22(14,32)19(12)29/h4-7,10,13-15,17,25-27,32H,1-3H3,(H2,23,31)/t7-,10+,13-,14-,15-,17-,22+/m1/s1. The van der Waals surface area contributed by atoms with Gasteiger partial charge in [-0.15, -0.1) is 0 Å². The van der Waals surface area contributed by atoms with Crippen molar-refractivity contribution < 1.29 is 39.6 Å². The molecule has 0 heterocycles. The molecular weight excluding hydrogens is 420 g/mol. The van der Waals surface area contributed by atoms with E-state index in [1.807, 2.05) is 0 Å². The average Bonchev–Trinajstić information content (AvgIpc) is 2.70. The van der Waals surface area contributed by atoms with Gasteiger partial charge >= 0.3 is 0 Å². The van der Waals surface area contributed by atoms with Crippen molar-refractivity contribution in [1.82, 2.24) is 4.90 Å². The third-order valence-corrected chi connectivity index (χ3v) is 7.13. The van der Waals surface area contributed by atoms with Gasteiger partial charge in [0.2, 0.25) is 11.7 Å². The summed E-state index contributed by atoms with van der Waals surface area (Å²) in [6, 6.07) is 3.11. The zero-order valence-corrected chi connectivity index (χ0v) is 17.6. The topological polar surface area (TPSA) is 178 Å². The predicted octanol–water partition coefficient (Wildman–Crippen LogP) is -1.13. The first-order valence-corrected chi connectivity index (χ1v) is 10.1. The first kappa shape index (κ1) is 22.1. The number of hydrogen-bond donors (Lipinski definition) is 5. The molecule has 7 atom stereocenters. The maximum atomic E-state index is 13.6. The van der Waals surface area contributed by atoms with E-state index in [2.05, 4.69) is 0 Å². The molecular formula is C22H24N2O8. The highest BCUT2D eigenvalue weighted by Crippen LogP contribution is 2.55. The number of aliphatic hydroxyl groups is 3. The van der Waals surface area contributed by atoms with Crippen LogP contribution in [0.3, 0.4) is 0 Å². The number of ketones is 3. The largest absolute Gasteiger partial charge is 0.507 e. The van der Waals surface area contributed by atoms with Crippen molar-refractivity contribution in [1.29, 1.82) is 0 Å². The molecule has 10 nitrogen and oxygen atoms in total. The van der Waals surface area contributed by atoms with Gasteiger partial charge in [0.1, 0.15) is 11.5 Å². The summed E-state index contributed by atoms with van der Waals surface area (Å²) in [5.74, 6) is -11.2. The highest BCUT2D eigenvalue weighted by atomic mass is 16.3. The quantitative estimate of drug-likeness (QED) is 0.353. The Kier molecular flexibility index (Phi) is 4.81. The van der Waals surface area contributed by atoms with E-state index in [4.69, 9.17) is 5.73 Å². The number of likely N-dealkylation sites (N-methyl/N-ethyl adjacent to an activating group) is 1. The minimum Gasteiger partial charge on any atom is -0.507 e. The van der Waals surface area contributed by atoms with Gasteiger partial charge in [0.25, 0.3) is 0 Å². The molecule has 0 unspecified atom stereocenters. The van der Waals surface area contributed by atoms with Gasteiger partial charge in [-0.05, 0) is 31.6 Å². The number of aromatic hydroxyl groups is 1. The fourth-order valence-corrected chi connectivity index (χ4v) is 5.72. The molecule has 4 rings (SSSR count). The van der Waals surface area contributed by atoms with Crippen molar-refractivity contribution in [3.8, 4) is 5.75 Å². The van der Waals surface area contributed by atoms with E-state index in [-0.39, 0.29) is 11.3 Å². The Morgan fingerprint density at radius 1 is 1.16 bits per heavy atom. The number of amides is 1. The molecule has 10 heteroatoms. The summed E-state index contributed by atoms with van der Waals surface area (Å²) >= 11 is 0. The van der Waals surface area contributed by atoms with E-state index >= 15 is 0 Å². The van der Waals surface area contributed by atoms with Crippen molar-refractivity contribution in [3.63, 3.8) is 0 Å². The number of nitrogens with zero attached hydrogens (tertiary/aromatic N) is 1. The smallest absolute Gasteiger partial charge is 0.235 e. The highest BCUT2D eigenvalue weighted by molar-refractivity contribution is 6.32. The third kappa shape index (κ3) is 2.51. The first-order chi connectivity index (χ1) is 14.9. The molecule has 0 radical (unpaired) electrons. The molecule has 6 N–H and O–H groups in total. The highest BCUT2D eigenvalue weighted by Gasteiger charge is 2.71. The van der Waals surface area contributed by atoms with E-state index in [9.17, 15) is 39.6 Å². The van der Waals surface area contributed by atoms with Crippen LogP contribution in [0.5, 0.6) is 5.75 Å². The number of benzene rings is 1. The average molecular weight is 444 g/mol. The van der Waals surface area contributed by atoms with Crippen LogP contribution in [0.15, 0.2) is 23.8 Å². The summed E-state index contributed by atoms with van der Waals surface area (Å²) in [4.78, 5) is 53.1. The molecule has 1 aromatic rings. The van der Waals surface area contributed by atoms with Gasteiger partial charge in [-0.2, -0.15) is 0 Å². The van der Waals surface area contributed by atoms with Gasteiger partial charge < -0.3 is 26.2 Å². The molecule has 170 valence electrons. The lowest BCUT2D eigenvalue weighted by molar-refractivity contribution is -0.187. The summed E-state index contributed by atoms with van der Waals surface area (Å²) in [6.45, 7) is 1.67. The van der Waals surface area contributed by atoms with Crippen LogP contribution in [-0.4, -0.2) is 80.4 Å². The predicted molar refractivity (Wildman–Crippen MR) is 109 cm³/mol. The number of fused-ring (bicyclic) bond motifs is 3.